The van der Waals surface area contributed by atoms with E-state index in [9.17, 15) is 19.8 Å². The van der Waals surface area contributed by atoms with E-state index in [4.69, 9.17) is 21.7 Å². The molecule has 144 valence electrons. The Kier molecular flexibility index (Phi) is 26.1. The third-order valence-electron chi connectivity index (χ3n) is 3.14. The van der Waals surface area contributed by atoms with Crippen LogP contribution >= 0.6 is 0 Å². The van der Waals surface area contributed by atoms with Crippen LogP contribution in [0.2, 0.25) is 0 Å². The van der Waals surface area contributed by atoms with E-state index in [0.717, 1.165) is 25.7 Å². The molecule has 0 saturated heterocycles. The van der Waals surface area contributed by atoms with E-state index in [1.807, 2.05) is 0 Å². The second kappa shape index (κ2) is 22.0. The van der Waals surface area contributed by atoms with E-state index < -0.39 is 24.0 Å². The van der Waals surface area contributed by atoms with Crippen LogP contribution in [0.15, 0.2) is 0 Å². The van der Waals surface area contributed by atoms with Crippen molar-refractivity contribution in [3.05, 3.63) is 0 Å². The number of carbonyl (C=O) groups is 2. The number of hydrogen-bond donors (Lipinski definition) is 6. The van der Waals surface area contributed by atoms with Crippen LogP contribution in [0.5, 0.6) is 0 Å². The third kappa shape index (κ3) is 20.1. The van der Waals surface area contributed by atoms with Crippen LogP contribution in [-0.4, -0.2) is 98.5 Å². The Morgan fingerprint density at radius 2 is 1.12 bits per heavy atom. The quantitative estimate of drug-likeness (QED) is 0.0950. The van der Waals surface area contributed by atoms with Gasteiger partial charge in [0.15, 0.2) is 0 Å². The Balaban J connectivity index is -0.000000372. The molecule has 0 spiro atoms. The molecule has 0 aromatic heterocycles. The van der Waals surface area contributed by atoms with E-state index in [1.54, 1.807) is 0 Å². The van der Waals surface area contributed by atoms with Crippen molar-refractivity contribution in [3.63, 3.8) is 0 Å². The van der Waals surface area contributed by atoms with Crippen LogP contribution in [-0.2, 0) is 9.59 Å². The maximum atomic E-state index is 10.4. The van der Waals surface area contributed by atoms with Gasteiger partial charge in [-0.1, -0.05) is 12.8 Å². The SMILES string of the molecule is NCCCC[C@H](NCO)C(=O)[O-].NCCCC[C@H](NCO)C(=O)[O-].[Ca+2]. The number of aliphatic carboxylic acids is 2. The van der Waals surface area contributed by atoms with Gasteiger partial charge in [0, 0.05) is 12.1 Å². The van der Waals surface area contributed by atoms with Gasteiger partial charge in [-0.25, -0.2) is 0 Å². The molecular weight excluding hydrogens is 360 g/mol. The smallest absolute Gasteiger partial charge is 0.548 e. The average Bonchev–Trinajstić information content (AvgIpc) is 2.54. The number of carboxylic acid groups (broad SMARTS) is 2. The minimum Gasteiger partial charge on any atom is -0.548 e. The molecule has 0 aromatic rings. The summed E-state index contributed by atoms with van der Waals surface area (Å²) in [6.07, 6.45) is 3.91. The van der Waals surface area contributed by atoms with Crippen molar-refractivity contribution in [1.29, 1.82) is 0 Å². The molecule has 0 bridgehead atoms. The molecule has 0 aliphatic carbocycles. The summed E-state index contributed by atoms with van der Waals surface area (Å²) < 4.78 is 0. The minimum absolute atomic E-state index is 0. The molecule has 0 aromatic carbocycles. The van der Waals surface area contributed by atoms with Gasteiger partial charge in [-0.15, -0.1) is 0 Å². The number of hydrogen-bond acceptors (Lipinski definition) is 10. The first kappa shape index (κ1) is 29.7. The third-order valence-corrected chi connectivity index (χ3v) is 3.14. The van der Waals surface area contributed by atoms with Gasteiger partial charge in [0.05, 0.1) is 25.4 Å². The zero-order valence-electron chi connectivity index (χ0n) is 14.6. The molecule has 8 N–H and O–H groups in total. The molecule has 0 radical (unpaired) electrons. The van der Waals surface area contributed by atoms with E-state index in [2.05, 4.69) is 10.6 Å². The van der Waals surface area contributed by atoms with Crippen molar-refractivity contribution in [2.75, 3.05) is 26.6 Å². The van der Waals surface area contributed by atoms with Gasteiger partial charge in [-0.3, -0.25) is 10.6 Å². The Labute approximate surface area is 178 Å². The minimum atomic E-state index is -1.18. The van der Waals surface area contributed by atoms with E-state index in [-0.39, 0.29) is 51.2 Å². The van der Waals surface area contributed by atoms with Gasteiger partial charge in [-0.05, 0) is 38.8 Å². The number of nitrogens with one attached hydrogen (secondary N) is 2. The summed E-state index contributed by atoms with van der Waals surface area (Å²) in [5.74, 6) is -2.36. The zero-order valence-corrected chi connectivity index (χ0v) is 16.8. The summed E-state index contributed by atoms with van der Waals surface area (Å²) in [6.45, 7) is 0.417. The van der Waals surface area contributed by atoms with Crippen molar-refractivity contribution in [2.24, 2.45) is 11.5 Å². The fourth-order valence-electron chi connectivity index (χ4n) is 1.81. The van der Waals surface area contributed by atoms with Crippen molar-refractivity contribution in [3.8, 4) is 0 Å². The monoisotopic (exact) mass is 390 g/mol. The molecule has 2 atom stereocenters. The summed E-state index contributed by atoms with van der Waals surface area (Å²) in [4.78, 5) is 20.7. The summed E-state index contributed by atoms with van der Waals surface area (Å²) in [6, 6.07) is -1.52. The first-order valence-corrected chi connectivity index (χ1v) is 7.94. The maximum Gasteiger partial charge on any atom is 2.00 e. The number of carbonyl (C=O) groups excluding carboxylic acids is 2. The van der Waals surface area contributed by atoms with Crippen LogP contribution in [0.3, 0.4) is 0 Å². The fourth-order valence-corrected chi connectivity index (χ4v) is 1.81. The van der Waals surface area contributed by atoms with Gasteiger partial charge in [-0.2, -0.15) is 0 Å². The topological polar surface area (TPSA) is 197 Å². The normalized spacial score (nSPS) is 12.3. The second-order valence-electron chi connectivity index (χ2n) is 5.04. The van der Waals surface area contributed by atoms with Crippen LogP contribution in [0.4, 0.5) is 0 Å². The first-order valence-electron chi connectivity index (χ1n) is 7.94. The van der Waals surface area contributed by atoms with E-state index >= 15 is 0 Å². The molecule has 0 aliphatic heterocycles. The van der Waals surface area contributed by atoms with E-state index in [0.29, 0.717) is 25.9 Å². The number of nitrogens with two attached hydrogens (primary N) is 2. The molecule has 0 amide bonds. The Morgan fingerprint density at radius 3 is 1.32 bits per heavy atom. The van der Waals surface area contributed by atoms with Crippen molar-refractivity contribution in [1.82, 2.24) is 10.6 Å². The van der Waals surface area contributed by atoms with Gasteiger partial charge in [0.2, 0.25) is 0 Å². The van der Waals surface area contributed by atoms with Crippen LogP contribution in [0, 0.1) is 0 Å². The summed E-state index contributed by atoms with van der Waals surface area (Å²) in [7, 11) is 0. The molecule has 11 heteroatoms. The molecule has 0 fully saturated rings. The second-order valence-corrected chi connectivity index (χ2v) is 5.04. The van der Waals surface area contributed by atoms with Gasteiger partial charge < -0.3 is 41.5 Å². The number of carboxylic acids is 2. The number of rotatable bonds is 14. The van der Waals surface area contributed by atoms with Crippen LogP contribution < -0.4 is 32.3 Å². The summed E-state index contributed by atoms with van der Waals surface area (Å²) in [5.41, 5.74) is 10.5. The average molecular weight is 390 g/mol. The molecule has 0 rings (SSSR count). The molecule has 25 heavy (non-hydrogen) atoms. The molecule has 0 heterocycles. The Morgan fingerprint density at radius 1 is 0.800 bits per heavy atom. The first-order chi connectivity index (χ1) is 11.4. The molecule has 10 nitrogen and oxygen atoms in total. The van der Waals surface area contributed by atoms with Crippen molar-refractivity contribution < 1.29 is 30.0 Å². The van der Waals surface area contributed by atoms with Gasteiger partial charge in [0.1, 0.15) is 0 Å². The predicted octanol–water partition coefficient (Wildman–Crippen LogP) is -4.83. The Hall–Kier alpha value is -0.0403. The fraction of sp³-hybridized carbons (Fsp3) is 0.857. The zero-order chi connectivity index (χ0) is 18.8. The van der Waals surface area contributed by atoms with Gasteiger partial charge >= 0.3 is 37.7 Å². The summed E-state index contributed by atoms with van der Waals surface area (Å²) in [5, 5.41) is 42.4. The predicted molar refractivity (Wildman–Crippen MR) is 89.6 cm³/mol. The van der Waals surface area contributed by atoms with Crippen LogP contribution in [0.25, 0.3) is 0 Å². The summed E-state index contributed by atoms with van der Waals surface area (Å²) >= 11 is 0. The maximum absolute atomic E-state index is 10.4. The van der Waals surface area contributed by atoms with Gasteiger partial charge in [0.25, 0.3) is 0 Å². The van der Waals surface area contributed by atoms with Crippen molar-refractivity contribution in [2.45, 2.75) is 50.6 Å². The molecule has 0 aliphatic rings. The standard InChI is InChI=1S/2C7H16N2O3.Ca/c2*8-4-2-1-3-6(7(11)12)9-5-10;/h2*6,9-10H,1-5,8H2,(H,11,12);/q;;+2/p-2/t2*6-;/m00./s1. The van der Waals surface area contributed by atoms with Crippen molar-refractivity contribution >= 4 is 49.7 Å². The molecular formula is C14H30CaN4O6. The van der Waals surface area contributed by atoms with Crippen LogP contribution in [0.1, 0.15) is 38.5 Å². The largest absolute Gasteiger partial charge is 2.00 e. The van der Waals surface area contributed by atoms with E-state index in [1.165, 1.54) is 0 Å². The molecule has 0 saturated carbocycles. The number of aliphatic hydroxyl groups excluding tert-OH is 2. The molecule has 0 unspecified atom stereocenters. The number of unbranched alkanes of at least 4 members (excludes halogenated alkanes) is 2. The Bertz CT molecular complexity index is 296. The number of aliphatic hydroxyl groups is 2.